The molecule has 8 heteroatoms. The number of nitrogens with zero attached hydrogens (tertiary/aromatic N) is 3. The predicted molar refractivity (Wildman–Crippen MR) is 97.6 cm³/mol. The number of benzene rings is 1. The number of hydrogen-bond acceptors (Lipinski definition) is 4. The second kappa shape index (κ2) is 8.43. The van der Waals surface area contributed by atoms with Crippen molar-refractivity contribution in [1.29, 1.82) is 0 Å². The van der Waals surface area contributed by atoms with Gasteiger partial charge in [0.05, 0.1) is 10.6 Å². The molecule has 0 aliphatic heterocycles. The van der Waals surface area contributed by atoms with E-state index in [1.807, 2.05) is 6.92 Å². The molecule has 132 valence electrons. The van der Waals surface area contributed by atoms with Gasteiger partial charge in [-0.25, -0.2) is 0 Å². The van der Waals surface area contributed by atoms with Crippen LogP contribution >= 0.6 is 11.6 Å². The minimum Gasteiger partial charge on any atom is -0.322 e. The van der Waals surface area contributed by atoms with E-state index in [1.165, 1.54) is 24.3 Å². The molecule has 1 aromatic heterocycles. The molecule has 1 amide bonds. The van der Waals surface area contributed by atoms with Crippen molar-refractivity contribution in [3.05, 3.63) is 56.9 Å². The van der Waals surface area contributed by atoms with Crippen molar-refractivity contribution in [3.8, 4) is 0 Å². The first-order chi connectivity index (χ1) is 11.9. The molecule has 0 bridgehead atoms. The number of aryl methyl sites for hydroxylation is 2. The second-order valence-corrected chi connectivity index (χ2v) is 5.85. The van der Waals surface area contributed by atoms with Crippen molar-refractivity contribution < 1.29 is 9.72 Å². The lowest BCUT2D eigenvalue weighted by Gasteiger charge is -2.02. The van der Waals surface area contributed by atoms with Crippen molar-refractivity contribution in [2.45, 2.75) is 33.2 Å². The number of aromatic nitrogens is 2. The van der Waals surface area contributed by atoms with Crippen LogP contribution in [0.25, 0.3) is 6.08 Å². The quantitative estimate of drug-likeness (QED) is 0.454. The van der Waals surface area contributed by atoms with Crippen LogP contribution in [0.15, 0.2) is 30.3 Å². The van der Waals surface area contributed by atoms with Crippen molar-refractivity contribution in [1.82, 2.24) is 9.78 Å². The number of anilines is 1. The normalized spacial score (nSPS) is 11.0. The number of unbranched alkanes of at least 4 members (excludes halogenated alkanes) is 1. The van der Waals surface area contributed by atoms with Gasteiger partial charge in [-0.15, -0.1) is 0 Å². The van der Waals surface area contributed by atoms with Gasteiger partial charge < -0.3 is 5.32 Å². The van der Waals surface area contributed by atoms with Crippen LogP contribution in [0, 0.1) is 17.0 Å². The lowest BCUT2D eigenvalue weighted by molar-refractivity contribution is -0.384. The molecule has 0 atom stereocenters. The topological polar surface area (TPSA) is 90.1 Å². The molecule has 25 heavy (non-hydrogen) atoms. The zero-order valence-electron chi connectivity index (χ0n) is 14.0. The Morgan fingerprint density at radius 3 is 2.92 bits per heavy atom. The summed E-state index contributed by atoms with van der Waals surface area (Å²) in [5, 5.41) is 18.2. The van der Waals surface area contributed by atoms with E-state index >= 15 is 0 Å². The zero-order valence-corrected chi connectivity index (χ0v) is 14.8. The number of carbonyl (C=O) groups excluding carboxylic acids is 1. The first-order valence-electron chi connectivity index (χ1n) is 7.88. The fourth-order valence-electron chi connectivity index (χ4n) is 2.25. The number of halogens is 1. The maximum absolute atomic E-state index is 12.0. The minimum atomic E-state index is -0.515. The molecule has 0 unspecified atom stereocenters. The number of carbonyl (C=O) groups is 1. The van der Waals surface area contributed by atoms with Crippen LogP contribution in [0.5, 0.6) is 0 Å². The van der Waals surface area contributed by atoms with Crippen LogP contribution in [0.1, 0.15) is 31.0 Å². The standard InChI is InChI=1S/C17H19ClN4O3/c1-3-4-10-21-17(18)15(12(2)20-21)8-9-16(23)19-13-6-5-7-14(11-13)22(24)25/h5-9,11H,3-4,10H2,1-2H3,(H,19,23)/b9-8+. The highest BCUT2D eigenvalue weighted by molar-refractivity contribution is 6.31. The Bertz CT molecular complexity index is 814. The van der Waals surface area contributed by atoms with Gasteiger partial charge in [0.15, 0.2) is 0 Å². The molecule has 0 spiro atoms. The smallest absolute Gasteiger partial charge is 0.271 e. The number of nitrogens with one attached hydrogen (secondary N) is 1. The van der Waals surface area contributed by atoms with Gasteiger partial charge in [0.2, 0.25) is 5.91 Å². The van der Waals surface area contributed by atoms with Gasteiger partial charge in [-0.1, -0.05) is 31.0 Å². The van der Waals surface area contributed by atoms with Gasteiger partial charge >= 0.3 is 0 Å². The van der Waals surface area contributed by atoms with Crippen LogP contribution in [0.3, 0.4) is 0 Å². The average molecular weight is 363 g/mol. The number of rotatable bonds is 7. The molecule has 1 N–H and O–H groups in total. The largest absolute Gasteiger partial charge is 0.322 e. The minimum absolute atomic E-state index is 0.0853. The Hall–Kier alpha value is -2.67. The van der Waals surface area contributed by atoms with Crippen LogP contribution in [-0.2, 0) is 11.3 Å². The van der Waals surface area contributed by atoms with Crippen molar-refractivity contribution >= 4 is 35.0 Å². The summed E-state index contributed by atoms with van der Waals surface area (Å²) in [6, 6.07) is 5.75. The van der Waals surface area contributed by atoms with Gasteiger partial charge in [0, 0.05) is 36.0 Å². The number of nitro groups is 1. The van der Waals surface area contributed by atoms with Crippen LogP contribution in [0.2, 0.25) is 5.15 Å². The third-order valence-electron chi connectivity index (χ3n) is 3.56. The van der Waals surface area contributed by atoms with Gasteiger partial charge in [0.1, 0.15) is 5.15 Å². The number of hydrogen-bond donors (Lipinski definition) is 1. The van der Waals surface area contributed by atoms with Crippen molar-refractivity contribution in [3.63, 3.8) is 0 Å². The van der Waals surface area contributed by atoms with Crippen molar-refractivity contribution in [2.75, 3.05) is 5.32 Å². The van der Waals surface area contributed by atoms with E-state index in [4.69, 9.17) is 11.6 Å². The van der Waals surface area contributed by atoms with Gasteiger partial charge in [0.25, 0.3) is 5.69 Å². The molecule has 1 heterocycles. The van der Waals surface area contributed by atoms with E-state index in [2.05, 4.69) is 17.3 Å². The first-order valence-corrected chi connectivity index (χ1v) is 8.26. The summed E-state index contributed by atoms with van der Waals surface area (Å²) in [4.78, 5) is 22.3. The zero-order chi connectivity index (χ0) is 18.4. The molecule has 7 nitrogen and oxygen atoms in total. The Balaban J connectivity index is 2.09. The van der Waals surface area contributed by atoms with E-state index in [1.54, 1.807) is 16.8 Å². The fourth-order valence-corrected chi connectivity index (χ4v) is 2.57. The van der Waals surface area contributed by atoms with Gasteiger partial charge in [-0.05, 0) is 25.5 Å². The second-order valence-electron chi connectivity index (χ2n) is 5.50. The highest BCUT2D eigenvalue weighted by atomic mass is 35.5. The number of non-ortho nitro benzene ring substituents is 1. The van der Waals surface area contributed by atoms with E-state index in [0.717, 1.165) is 25.1 Å². The van der Waals surface area contributed by atoms with E-state index < -0.39 is 10.8 Å². The highest BCUT2D eigenvalue weighted by Gasteiger charge is 2.11. The molecule has 0 aliphatic carbocycles. The maximum atomic E-state index is 12.0. The summed E-state index contributed by atoms with van der Waals surface area (Å²) in [6.45, 7) is 4.64. The van der Waals surface area contributed by atoms with Crippen LogP contribution in [-0.4, -0.2) is 20.6 Å². The van der Waals surface area contributed by atoms with E-state index in [9.17, 15) is 14.9 Å². The molecule has 0 aliphatic rings. The maximum Gasteiger partial charge on any atom is 0.271 e. The monoisotopic (exact) mass is 362 g/mol. The Morgan fingerprint density at radius 1 is 1.48 bits per heavy atom. The Kier molecular flexibility index (Phi) is 6.30. The van der Waals surface area contributed by atoms with Crippen LogP contribution < -0.4 is 5.32 Å². The fraction of sp³-hybridized carbons (Fsp3) is 0.294. The van der Waals surface area contributed by atoms with Gasteiger partial charge in [-0.2, -0.15) is 5.10 Å². The summed E-state index contributed by atoms with van der Waals surface area (Å²) in [5.41, 5.74) is 1.69. The molecular weight excluding hydrogens is 344 g/mol. The van der Waals surface area contributed by atoms with E-state index in [0.29, 0.717) is 16.4 Å². The number of amides is 1. The van der Waals surface area contributed by atoms with Crippen LogP contribution in [0.4, 0.5) is 11.4 Å². The average Bonchev–Trinajstić information content (AvgIpc) is 2.85. The molecule has 0 saturated carbocycles. The number of nitro benzene ring substituents is 1. The lowest BCUT2D eigenvalue weighted by atomic mass is 10.2. The van der Waals surface area contributed by atoms with E-state index in [-0.39, 0.29) is 5.69 Å². The molecule has 0 fully saturated rings. The Labute approximate surface area is 150 Å². The molecule has 0 saturated heterocycles. The molecular formula is C17H19ClN4O3. The summed E-state index contributed by atoms with van der Waals surface area (Å²) in [5.74, 6) is -0.405. The first kappa shape index (κ1) is 18.7. The molecule has 0 radical (unpaired) electrons. The highest BCUT2D eigenvalue weighted by Crippen LogP contribution is 2.22. The predicted octanol–water partition coefficient (Wildman–Crippen LogP) is 4.21. The summed E-state index contributed by atoms with van der Waals surface area (Å²) in [6.07, 6.45) is 4.93. The van der Waals surface area contributed by atoms with Gasteiger partial charge in [-0.3, -0.25) is 19.6 Å². The lowest BCUT2D eigenvalue weighted by Crippen LogP contribution is -2.07. The summed E-state index contributed by atoms with van der Waals surface area (Å²) >= 11 is 6.31. The molecule has 2 aromatic rings. The molecule has 1 aromatic carbocycles. The van der Waals surface area contributed by atoms with Crippen molar-refractivity contribution in [2.24, 2.45) is 0 Å². The third-order valence-corrected chi connectivity index (χ3v) is 3.96. The summed E-state index contributed by atoms with van der Waals surface area (Å²) in [7, 11) is 0. The third kappa shape index (κ3) is 4.90. The Morgan fingerprint density at radius 2 is 2.24 bits per heavy atom. The molecule has 2 rings (SSSR count). The SMILES string of the molecule is CCCCn1nc(C)c(/C=C/C(=O)Nc2cccc([N+](=O)[O-])c2)c1Cl. The summed E-state index contributed by atoms with van der Waals surface area (Å²) < 4.78 is 1.72.